The van der Waals surface area contributed by atoms with Gasteiger partial charge in [-0.1, -0.05) is 32.5 Å². The van der Waals surface area contributed by atoms with Gasteiger partial charge in [-0.15, -0.1) is 0 Å². The van der Waals surface area contributed by atoms with E-state index in [9.17, 15) is 0 Å². The molecule has 0 spiro atoms. The SMILES string of the molecule is CCNC1CC(C)CC(C)C1Sc1ncnn1C. The van der Waals surface area contributed by atoms with Crippen molar-refractivity contribution in [3.05, 3.63) is 6.33 Å². The van der Waals surface area contributed by atoms with E-state index >= 15 is 0 Å². The van der Waals surface area contributed by atoms with E-state index in [0.29, 0.717) is 11.3 Å². The van der Waals surface area contributed by atoms with E-state index in [2.05, 4.69) is 36.2 Å². The Morgan fingerprint density at radius 1 is 1.44 bits per heavy atom. The zero-order valence-corrected chi connectivity index (χ0v) is 12.6. The zero-order valence-electron chi connectivity index (χ0n) is 11.8. The van der Waals surface area contributed by atoms with Gasteiger partial charge < -0.3 is 5.32 Å². The van der Waals surface area contributed by atoms with E-state index in [1.807, 2.05) is 23.5 Å². The molecule has 0 aliphatic heterocycles. The molecule has 0 radical (unpaired) electrons. The van der Waals surface area contributed by atoms with Crippen LogP contribution in [0, 0.1) is 11.8 Å². The molecule has 0 amide bonds. The molecule has 1 saturated carbocycles. The standard InChI is InChI=1S/C13H24N4S/c1-5-14-11-7-9(2)6-10(3)12(11)18-13-15-8-16-17(13)4/h8-12,14H,5-7H2,1-4H3. The molecule has 1 heterocycles. The lowest BCUT2D eigenvalue weighted by molar-refractivity contribution is 0.251. The highest BCUT2D eigenvalue weighted by molar-refractivity contribution is 7.99. The second-order valence-electron chi connectivity index (χ2n) is 5.47. The van der Waals surface area contributed by atoms with Gasteiger partial charge in [0.25, 0.3) is 0 Å². The average molecular weight is 268 g/mol. The summed E-state index contributed by atoms with van der Waals surface area (Å²) in [5.41, 5.74) is 0. The Hall–Kier alpha value is -0.550. The summed E-state index contributed by atoms with van der Waals surface area (Å²) in [4.78, 5) is 4.34. The van der Waals surface area contributed by atoms with Gasteiger partial charge in [0.15, 0.2) is 5.16 Å². The van der Waals surface area contributed by atoms with Crippen LogP contribution in [0.3, 0.4) is 0 Å². The normalized spacial score (nSPS) is 32.7. The Morgan fingerprint density at radius 3 is 2.83 bits per heavy atom. The third kappa shape index (κ3) is 3.06. The van der Waals surface area contributed by atoms with Crippen LogP contribution in [0.25, 0.3) is 0 Å². The third-order valence-electron chi connectivity index (χ3n) is 3.77. The summed E-state index contributed by atoms with van der Waals surface area (Å²) in [6.45, 7) is 7.96. The summed E-state index contributed by atoms with van der Waals surface area (Å²) >= 11 is 1.88. The number of hydrogen-bond acceptors (Lipinski definition) is 4. The molecule has 4 nitrogen and oxygen atoms in total. The molecular weight excluding hydrogens is 244 g/mol. The number of nitrogens with zero attached hydrogens (tertiary/aromatic N) is 3. The second kappa shape index (κ2) is 6.06. The number of rotatable bonds is 4. The molecule has 1 aliphatic carbocycles. The Bertz CT molecular complexity index is 379. The fourth-order valence-corrected chi connectivity index (χ4v) is 4.27. The minimum Gasteiger partial charge on any atom is -0.313 e. The van der Waals surface area contributed by atoms with Gasteiger partial charge >= 0.3 is 0 Å². The molecular formula is C13H24N4S. The van der Waals surface area contributed by atoms with Gasteiger partial charge in [-0.05, 0) is 31.2 Å². The Balaban J connectivity index is 2.09. The molecule has 1 fully saturated rings. The summed E-state index contributed by atoms with van der Waals surface area (Å²) in [6.07, 6.45) is 4.23. The molecule has 1 aromatic heterocycles. The van der Waals surface area contributed by atoms with Crippen molar-refractivity contribution in [1.29, 1.82) is 0 Å². The highest BCUT2D eigenvalue weighted by Crippen LogP contribution is 2.38. The van der Waals surface area contributed by atoms with Crippen LogP contribution in [0.1, 0.15) is 33.6 Å². The van der Waals surface area contributed by atoms with Crippen LogP contribution in [-0.2, 0) is 7.05 Å². The first-order valence-electron chi connectivity index (χ1n) is 6.85. The van der Waals surface area contributed by atoms with Gasteiger partial charge in [0.2, 0.25) is 0 Å². The molecule has 1 N–H and O–H groups in total. The van der Waals surface area contributed by atoms with Crippen molar-refractivity contribution < 1.29 is 0 Å². The first-order chi connectivity index (χ1) is 8.61. The van der Waals surface area contributed by atoms with E-state index in [0.717, 1.165) is 23.5 Å². The van der Waals surface area contributed by atoms with Crippen LogP contribution in [-0.4, -0.2) is 32.6 Å². The predicted molar refractivity (Wildman–Crippen MR) is 75.7 cm³/mol. The highest BCUT2D eigenvalue weighted by atomic mass is 32.2. The van der Waals surface area contributed by atoms with Crippen molar-refractivity contribution in [2.24, 2.45) is 18.9 Å². The molecule has 0 bridgehead atoms. The van der Waals surface area contributed by atoms with Gasteiger partial charge in [0.1, 0.15) is 6.33 Å². The fraction of sp³-hybridized carbons (Fsp3) is 0.846. The Kier molecular flexibility index (Phi) is 4.67. The molecule has 18 heavy (non-hydrogen) atoms. The average Bonchev–Trinajstić information content (AvgIpc) is 2.69. The summed E-state index contributed by atoms with van der Waals surface area (Å²) in [5, 5.41) is 9.44. The van der Waals surface area contributed by atoms with Crippen LogP contribution in [0.4, 0.5) is 0 Å². The smallest absolute Gasteiger partial charge is 0.186 e. The van der Waals surface area contributed by atoms with Crippen molar-refractivity contribution in [2.75, 3.05) is 6.54 Å². The van der Waals surface area contributed by atoms with E-state index < -0.39 is 0 Å². The lowest BCUT2D eigenvalue weighted by Gasteiger charge is -2.39. The number of nitrogens with one attached hydrogen (secondary N) is 1. The van der Waals surface area contributed by atoms with Crippen molar-refractivity contribution >= 4 is 11.8 Å². The molecule has 1 aliphatic rings. The Labute approximate surface area is 114 Å². The first-order valence-corrected chi connectivity index (χ1v) is 7.73. The minimum absolute atomic E-state index is 0.593. The number of aryl methyl sites for hydroxylation is 1. The molecule has 2 rings (SSSR count). The highest BCUT2D eigenvalue weighted by Gasteiger charge is 2.34. The van der Waals surface area contributed by atoms with Gasteiger partial charge in [0.05, 0.1) is 0 Å². The van der Waals surface area contributed by atoms with Crippen molar-refractivity contribution in [3.8, 4) is 0 Å². The van der Waals surface area contributed by atoms with Crippen molar-refractivity contribution in [1.82, 2.24) is 20.1 Å². The first kappa shape index (κ1) is 13.9. The zero-order chi connectivity index (χ0) is 13.1. The minimum atomic E-state index is 0.593. The van der Waals surface area contributed by atoms with Crippen LogP contribution < -0.4 is 5.32 Å². The predicted octanol–water partition coefficient (Wildman–Crippen LogP) is 2.32. The lowest BCUT2D eigenvalue weighted by atomic mass is 9.80. The molecule has 102 valence electrons. The second-order valence-corrected chi connectivity index (χ2v) is 6.61. The van der Waals surface area contributed by atoms with E-state index in [1.54, 1.807) is 6.33 Å². The molecule has 4 atom stereocenters. The fourth-order valence-electron chi connectivity index (χ4n) is 3.00. The van der Waals surface area contributed by atoms with Crippen LogP contribution >= 0.6 is 11.8 Å². The van der Waals surface area contributed by atoms with Crippen molar-refractivity contribution in [2.45, 2.75) is 50.1 Å². The molecule has 1 aromatic rings. The number of hydrogen-bond donors (Lipinski definition) is 1. The quantitative estimate of drug-likeness (QED) is 0.910. The summed E-state index contributed by atoms with van der Waals surface area (Å²) in [5.74, 6) is 1.54. The molecule has 4 unspecified atom stereocenters. The van der Waals surface area contributed by atoms with Gasteiger partial charge in [0, 0.05) is 18.3 Å². The lowest BCUT2D eigenvalue weighted by Crippen LogP contribution is -2.46. The third-order valence-corrected chi connectivity index (χ3v) is 5.41. The number of aromatic nitrogens is 3. The monoisotopic (exact) mass is 268 g/mol. The maximum Gasteiger partial charge on any atom is 0.186 e. The Morgan fingerprint density at radius 2 is 2.22 bits per heavy atom. The van der Waals surface area contributed by atoms with E-state index in [1.165, 1.54) is 12.8 Å². The van der Waals surface area contributed by atoms with Crippen LogP contribution in [0.15, 0.2) is 11.5 Å². The van der Waals surface area contributed by atoms with Crippen molar-refractivity contribution in [3.63, 3.8) is 0 Å². The summed E-state index contributed by atoms with van der Waals surface area (Å²) in [7, 11) is 1.97. The van der Waals surface area contributed by atoms with Crippen LogP contribution in [0.5, 0.6) is 0 Å². The van der Waals surface area contributed by atoms with E-state index in [-0.39, 0.29) is 0 Å². The van der Waals surface area contributed by atoms with Gasteiger partial charge in [-0.25, -0.2) is 9.67 Å². The maximum absolute atomic E-state index is 4.34. The van der Waals surface area contributed by atoms with Gasteiger partial charge in [-0.3, -0.25) is 0 Å². The molecule has 0 aromatic carbocycles. The van der Waals surface area contributed by atoms with Gasteiger partial charge in [-0.2, -0.15) is 5.10 Å². The molecule has 0 saturated heterocycles. The summed E-state index contributed by atoms with van der Waals surface area (Å²) in [6, 6.07) is 0.593. The topological polar surface area (TPSA) is 42.7 Å². The van der Waals surface area contributed by atoms with Crippen LogP contribution in [0.2, 0.25) is 0 Å². The molecule has 5 heteroatoms. The number of thioether (sulfide) groups is 1. The largest absolute Gasteiger partial charge is 0.313 e. The summed E-state index contributed by atoms with van der Waals surface area (Å²) < 4.78 is 1.87. The maximum atomic E-state index is 4.34. The van der Waals surface area contributed by atoms with E-state index in [4.69, 9.17) is 0 Å².